The quantitative estimate of drug-likeness (QED) is 0.589. The lowest BCUT2D eigenvalue weighted by Crippen LogP contribution is -2.19. The van der Waals surface area contributed by atoms with Gasteiger partial charge < -0.3 is 16.0 Å². The summed E-state index contributed by atoms with van der Waals surface area (Å²) in [6.45, 7) is 0. The molecular formula is C22H17N3O2. The molecule has 0 bridgehead atoms. The topological polar surface area (TPSA) is 70.2 Å². The number of fused-ring (bicyclic) bond motifs is 1. The molecule has 0 radical (unpaired) electrons. The fraction of sp³-hybridized carbons (Fsp3) is 0. The van der Waals surface area contributed by atoms with Crippen LogP contribution in [0, 0.1) is 0 Å². The van der Waals surface area contributed by atoms with Gasteiger partial charge in [-0.2, -0.15) is 0 Å². The van der Waals surface area contributed by atoms with Gasteiger partial charge in [0.15, 0.2) is 0 Å². The van der Waals surface area contributed by atoms with Crippen LogP contribution in [-0.2, 0) is 4.79 Å². The van der Waals surface area contributed by atoms with E-state index in [9.17, 15) is 9.59 Å². The SMILES string of the molecule is O=C(Nc1ccccc1)Nc1ccc(/C=C2/C(=O)Nc3ccccc32)cc1. The molecule has 0 aromatic heterocycles. The number of hydrogen-bond acceptors (Lipinski definition) is 2. The summed E-state index contributed by atoms with van der Waals surface area (Å²) in [5, 5.41) is 8.41. The van der Waals surface area contributed by atoms with Gasteiger partial charge in [-0.15, -0.1) is 0 Å². The van der Waals surface area contributed by atoms with Crippen LogP contribution in [0.5, 0.6) is 0 Å². The number of hydrogen-bond donors (Lipinski definition) is 3. The molecule has 3 aromatic rings. The van der Waals surface area contributed by atoms with Gasteiger partial charge in [-0.25, -0.2) is 4.79 Å². The highest BCUT2D eigenvalue weighted by atomic mass is 16.2. The number of carbonyl (C=O) groups is 2. The van der Waals surface area contributed by atoms with Crippen LogP contribution in [0.25, 0.3) is 11.6 Å². The smallest absolute Gasteiger partial charge is 0.321 e. The molecule has 1 aliphatic rings. The zero-order valence-corrected chi connectivity index (χ0v) is 14.4. The highest BCUT2D eigenvalue weighted by Crippen LogP contribution is 2.32. The molecule has 0 fully saturated rings. The fourth-order valence-corrected chi connectivity index (χ4v) is 2.93. The first kappa shape index (κ1) is 16.6. The lowest BCUT2D eigenvalue weighted by atomic mass is 10.0. The van der Waals surface area contributed by atoms with Crippen molar-refractivity contribution in [3.05, 3.63) is 90.0 Å². The summed E-state index contributed by atoms with van der Waals surface area (Å²) in [6, 6.07) is 23.9. The number of urea groups is 1. The molecule has 3 amide bonds. The van der Waals surface area contributed by atoms with Crippen LogP contribution in [0.3, 0.4) is 0 Å². The van der Waals surface area contributed by atoms with Crippen molar-refractivity contribution in [1.82, 2.24) is 0 Å². The lowest BCUT2D eigenvalue weighted by Gasteiger charge is -2.08. The molecule has 0 saturated carbocycles. The summed E-state index contributed by atoms with van der Waals surface area (Å²) in [4.78, 5) is 24.2. The van der Waals surface area contributed by atoms with Crippen molar-refractivity contribution in [2.45, 2.75) is 0 Å². The Morgan fingerprint density at radius 3 is 2.15 bits per heavy atom. The van der Waals surface area contributed by atoms with Gasteiger partial charge in [0, 0.05) is 28.2 Å². The van der Waals surface area contributed by atoms with Crippen LogP contribution < -0.4 is 16.0 Å². The minimum Gasteiger partial charge on any atom is -0.321 e. The molecule has 0 aliphatic carbocycles. The molecule has 5 nitrogen and oxygen atoms in total. The van der Waals surface area contributed by atoms with E-state index in [1.165, 1.54) is 0 Å². The lowest BCUT2D eigenvalue weighted by molar-refractivity contribution is -0.110. The second-order valence-electron chi connectivity index (χ2n) is 6.12. The van der Waals surface area contributed by atoms with Crippen molar-refractivity contribution in [3.8, 4) is 0 Å². The molecule has 1 heterocycles. The van der Waals surface area contributed by atoms with Gasteiger partial charge in [-0.3, -0.25) is 4.79 Å². The highest BCUT2D eigenvalue weighted by Gasteiger charge is 2.23. The van der Waals surface area contributed by atoms with Gasteiger partial charge in [-0.1, -0.05) is 48.5 Å². The Bertz CT molecular complexity index is 1020. The van der Waals surface area contributed by atoms with Gasteiger partial charge in [0.25, 0.3) is 5.91 Å². The van der Waals surface area contributed by atoms with Gasteiger partial charge in [0.2, 0.25) is 0 Å². The highest BCUT2D eigenvalue weighted by molar-refractivity contribution is 6.34. The Labute approximate surface area is 156 Å². The van der Waals surface area contributed by atoms with E-state index >= 15 is 0 Å². The predicted octanol–water partition coefficient (Wildman–Crippen LogP) is 4.82. The number of anilines is 3. The predicted molar refractivity (Wildman–Crippen MR) is 108 cm³/mol. The van der Waals surface area contributed by atoms with Crippen LogP contribution in [0.1, 0.15) is 11.1 Å². The van der Waals surface area contributed by atoms with Crippen molar-refractivity contribution >= 4 is 40.6 Å². The molecule has 3 N–H and O–H groups in total. The van der Waals surface area contributed by atoms with E-state index in [0.717, 1.165) is 22.5 Å². The number of carbonyl (C=O) groups excluding carboxylic acids is 2. The normalized spacial score (nSPS) is 13.8. The summed E-state index contributed by atoms with van der Waals surface area (Å²) in [5.74, 6) is -0.111. The van der Waals surface area contributed by atoms with Crippen LogP contribution >= 0.6 is 0 Å². The van der Waals surface area contributed by atoms with E-state index in [-0.39, 0.29) is 11.9 Å². The van der Waals surface area contributed by atoms with Gasteiger partial charge in [-0.05, 0) is 42.0 Å². The van der Waals surface area contributed by atoms with E-state index in [4.69, 9.17) is 0 Å². The van der Waals surface area contributed by atoms with Crippen LogP contribution in [0.2, 0.25) is 0 Å². The van der Waals surface area contributed by atoms with Crippen LogP contribution in [-0.4, -0.2) is 11.9 Å². The van der Waals surface area contributed by atoms with E-state index in [1.54, 1.807) is 12.1 Å². The van der Waals surface area contributed by atoms with Crippen molar-refractivity contribution in [2.24, 2.45) is 0 Å². The van der Waals surface area contributed by atoms with Gasteiger partial charge in [0.05, 0.1) is 0 Å². The molecule has 0 saturated heterocycles. The second kappa shape index (κ2) is 7.17. The number of benzene rings is 3. The minimum absolute atomic E-state index is 0.111. The number of nitrogens with one attached hydrogen (secondary N) is 3. The van der Waals surface area contributed by atoms with Crippen molar-refractivity contribution in [2.75, 3.05) is 16.0 Å². The third kappa shape index (κ3) is 3.72. The van der Waals surface area contributed by atoms with Crippen LogP contribution in [0.15, 0.2) is 78.9 Å². The average molecular weight is 355 g/mol. The zero-order chi connectivity index (χ0) is 18.6. The Morgan fingerprint density at radius 2 is 1.41 bits per heavy atom. The molecule has 0 unspecified atom stereocenters. The molecule has 5 heteroatoms. The molecule has 0 spiro atoms. The van der Waals surface area contributed by atoms with Crippen LogP contribution in [0.4, 0.5) is 21.9 Å². The first-order valence-corrected chi connectivity index (χ1v) is 8.54. The summed E-state index contributed by atoms with van der Waals surface area (Å²) < 4.78 is 0. The monoisotopic (exact) mass is 355 g/mol. The Morgan fingerprint density at radius 1 is 0.778 bits per heavy atom. The maximum Gasteiger partial charge on any atom is 0.323 e. The first-order valence-electron chi connectivity index (χ1n) is 8.54. The Hall–Kier alpha value is -3.86. The molecule has 3 aromatic carbocycles. The largest absolute Gasteiger partial charge is 0.323 e. The number of rotatable bonds is 3. The summed E-state index contributed by atoms with van der Waals surface area (Å²) in [7, 11) is 0. The van der Waals surface area contributed by atoms with Gasteiger partial charge in [0.1, 0.15) is 0 Å². The molecule has 0 atom stereocenters. The summed E-state index contributed by atoms with van der Waals surface area (Å²) in [5.41, 5.74) is 4.62. The van der Waals surface area contributed by atoms with Gasteiger partial charge >= 0.3 is 6.03 Å². The van der Waals surface area contributed by atoms with Crippen molar-refractivity contribution < 1.29 is 9.59 Å². The standard InChI is InChI=1S/C22H17N3O2/c26-21-19(18-8-4-5-9-20(18)25-21)14-15-10-12-17(13-11-15)24-22(27)23-16-6-2-1-3-7-16/h1-14H,(H,25,26)(H2,23,24,27)/b19-14+. The second-order valence-corrected chi connectivity index (χ2v) is 6.12. The minimum atomic E-state index is -0.309. The molecule has 4 rings (SSSR count). The molecular weight excluding hydrogens is 338 g/mol. The van der Waals surface area contributed by atoms with E-state index < -0.39 is 0 Å². The maximum atomic E-state index is 12.2. The summed E-state index contributed by atoms with van der Waals surface area (Å²) in [6.07, 6.45) is 1.84. The average Bonchev–Trinajstić information content (AvgIpc) is 2.99. The van der Waals surface area contributed by atoms with E-state index in [0.29, 0.717) is 11.3 Å². The zero-order valence-electron chi connectivity index (χ0n) is 14.4. The van der Waals surface area contributed by atoms with Crippen molar-refractivity contribution in [1.29, 1.82) is 0 Å². The fourth-order valence-electron chi connectivity index (χ4n) is 2.93. The molecule has 132 valence electrons. The number of para-hydroxylation sites is 2. The maximum absolute atomic E-state index is 12.2. The third-order valence-corrected chi connectivity index (χ3v) is 4.22. The third-order valence-electron chi connectivity index (χ3n) is 4.22. The van der Waals surface area contributed by atoms with Crippen molar-refractivity contribution in [3.63, 3.8) is 0 Å². The molecule has 27 heavy (non-hydrogen) atoms. The van der Waals surface area contributed by atoms with E-state index in [1.807, 2.05) is 72.8 Å². The Kier molecular flexibility index (Phi) is 4.41. The number of amides is 3. The summed E-state index contributed by atoms with van der Waals surface area (Å²) >= 11 is 0. The van der Waals surface area contributed by atoms with E-state index in [2.05, 4.69) is 16.0 Å². The first-order chi connectivity index (χ1) is 13.2. The Balaban J connectivity index is 1.47. The molecule has 1 aliphatic heterocycles.